The van der Waals surface area contributed by atoms with Crippen LogP contribution >= 0.6 is 0 Å². The first-order valence-electron chi connectivity index (χ1n) is 7.08. The summed E-state index contributed by atoms with van der Waals surface area (Å²) in [5, 5.41) is 5.41. The van der Waals surface area contributed by atoms with Crippen molar-refractivity contribution >= 4 is 29.3 Å². The van der Waals surface area contributed by atoms with Crippen molar-refractivity contribution in [1.82, 2.24) is 0 Å². The molecule has 0 saturated carbocycles. The van der Waals surface area contributed by atoms with Gasteiger partial charge in [0.05, 0.1) is 12.8 Å². The van der Waals surface area contributed by atoms with Gasteiger partial charge in [0.15, 0.2) is 0 Å². The fraction of sp³-hybridized carbons (Fsp3) is 0.111. The molecule has 0 spiro atoms. The van der Waals surface area contributed by atoms with Gasteiger partial charge in [0.2, 0.25) is 11.8 Å². The van der Waals surface area contributed by atoms with Gasteiger partial charge in [-0.05, 0) is 23.8 Å². The maximum atomic E-state index is 11.9. The average molecular weight is 310 g/mol. The molecular weight excluding hydrogens is 292 g/mol. The van der Waals surface area contributed by atoms with Crippen LogP contribution in [0.5, 0.6) is 5.75 Å². The Hall–Kier alpha value is -3.08. The van der Waals surface area contributed by atoms with E-state index >= 15 is 0 Å². The third kappa shape index (κ3) is 5.00. The van der Waals surface area contributed by atoms with Crippen LogP contribution in [0.4, 0.5) is 11.4 Å². The van der Waals surface area contributed by atoms with E-state index in [0.717, 1.165) is 5.56 Å². The minimum absolute atomic E-state index is 0.189. The molecule has 0 aliphatic rings. The SMILES string of the molecule is COc1cc(NC(=O)/C=C/c2ccccc2)ccc1NC(C)=O. The molecule has 0 bridgehead atoms. The highest BCUT2D eigenvalue weighted by Gasteiger charge is 2.07. The Labute approximate surface area is 135 Å². The van der Waals surface area contributed by atoms with Crippen molar-refractivity contribution in [1.29, 1.82) is 0 Å². The van der Waals surface area contributed by atoms with Gasteiger partial charge in [-0.1, -0.05) is 30.3 Å². The zero-order valence-electron chi connectivity index (χ0n) is 13.0. The number of anilines is 2. The Morgan fingerprint density at radius 3 is 2.43 bits per heavy atom. The van der Waals surface area contributed by atoms with Crippen molar-refractivity contribution < 1.29 is 14.3 Å². The molecule has 0 aliphatic carbocycles. The number of rotatable bonds is 5. The number of carbonyl (C=O) groups excluding carboxylic acids is 2. The molecule has 5 heteroatoms. The summed E-state index contributed by atoms with van der Waals surface area (Å²) >= 11 is 0. The van der Waals surface area contributed by atoms with Crippen LogP contribution in [0.25, 0.3) is 6.08 Å². The van der Waals surface area contributed by atoms with Crippen molar-refractivity contribution in [2.24, 2.45) is 0 Å². The third-order valence-corrected chi connectivity index (χ3v) is 3.01. The van der Waals surface area contributed by atoms with E-state index in [9.17, 15) is 9.59 Å². The van der Waals surface area contributed by atoms with Crippen LogP contribution < -0.4 is 15.4 Å². The quantitative estimate of drug-likeness (QED) is 0.833. The smallest absolute Gasteiger partial charge is 0.248 e. The molecule has 2 amide bonds. The number of hydrogen-bond acceptors (Lipinski definition) is 3. The molecule has 0 aliphatic heterocycles. The average Bonchev–Trinajstić information content (AvgIpc) is 2.55. The fourth-order valence-electron chi connectivity index (χ4n) is 1.98. The lowest BCUT2D eigenvalue weighted by Gasteiger charge is -2.11. The first-order chi connectivity index (χ1) is 11.1. The largest absolute Gasteiger partial charge is 0.494 e. The number of nitrogens with one attached hydrogen (secondary N) is 2. The van der Waals surface area contributed by atoms with Gasteiger partial charge in [-0.25, -0.2) is 0 Å². The predicted octanol–water partition coefficient (Wildman–Crippen LogP) is 3.31. The van der Waals surface area contributed by atoms with Gasteiger partial charge in [-0.2, -0.15) is 0 Å². The lowest BCUT2D eigenvalue weighted by Crippen LogP contribution is -2.10. The molecule has 2 aromatic rings. The van der Waals surface area contributed by atoms with E-state index in [2.05, 4.69) is 10.6 Å². The second-order valence-electron chi connectivity index (χ2n) is 4.83. The highest BCUT2D eigenvalue weighted by atomic mass is 16.5. The molecule has 2 N–H and O–H groups in total. The summed E-state index contributed by atoms with van der Waals surface area (Å²) in [7, 11) is 1.50. The van der Waals surface area contributed by atoms with E-state index < -0.39 is 0 Å². The van der Waals surface area contributed by atoms with E-state index in [1.54, 1.807) is 24.3 Å². The molecule has 0 radical (unpaired) electrons. The minimum Gasteiger partial charge on any atom is -0.494 e. The van der Waals surface area contributed by atoms with E-state index in [-0.39, 0.29) is 11.8 Å². The Balaban J connectivity index is 2.06. The number of benzene rings is 2. The van der Waals surface area contributed by atoms with Gasteiger partial charge in [0.1, 0.15) is 5.75 Å². The van der Waals surface area contributed by atoms with Crippen molar-refractivity contribution in [3.05, 3.63) is 60.2 Å². The van der Waals surface area contributed by atoms with Crippen LogP contribution in [-0.2, 0) is 9.59 Å². The van der Waals surface area contributed by atoms with Crippen LogP contribution in [0.15, 0.2) is 54.6 Å². The van der Waals surface area contributed by atoms with Crippen LogP contribution in [0, 0.1) is 0 Å². The van der Waals surface area contributed by atoms with Gasteiger partial charge in [-0.3, -0.25) is 9.59 Å². The maximum Gasteiger partial charge on any atom is 0.248 e. The lowest BCUT2D eigenvalue weighted by molar-refractivity contribution is -0.114. The molecule has 0 saturated heterocycles. The molecule has 0 fully saturated rings. The molecule has 5 nitrogen and oxygen atoms in total. The second-order valence-corrected chi connectivity index (χ2v) is 4.83. The standard InChI is InChI=1S/C18H18N2O3/c1-13(21)19-16-10-9-15(12-17(16)23-2)20-18(22)11-8-14-6-4-3-5-7-14/h3-12H,1-2H3,(H,19,21)(H,20,22)/b11-8+. The molecule has 0 unspecified atom stereocenters. The summed E-state index contributed by atoms with van der Waals surface area (Å²) in [4.78, 5) is 23.1. The summed E-state index contributed by atoms with van der Waals surface area (Å²) in [6.07, 6.45) is 3.20. The second kappa shape index (κ2) is 7.79. The summed E-state index contributed by atoms with van der Waals surface area (Å²) in [6, 6.07) is 14.6. The zero-order valence-corrected chi connectivity index (χ0v) is 13.0. The molecule has 23 heavy (non-hydrogen) atoms. The Bertz CT molecular complexity index is 724. The van der Waals surface area contributed by atoms with Crippen molar-refractivity contribution in [3.8, 4) is 5.75 Å². The number of amides is 2. The van der Waals surface area contributed by atoms with Gasteiger partial charge >= 0.3 is 0 Å². The summed E-state index contributed by atoms with van der Waals surface area (Å²) in [5.41, 5.74) is 2.08. The minimum atomic E-state index is -0.247. The molecule has 0 heterocycles. The summed E-state index contributed by atoms with van der Waals surface area (Å²) < 4.78 is 5.21. The zero-order chi connectivity index (χ0) is 16.7. The van der Waals surface area contributed by atoms with Crippen molar-refractivity contribution in [2.45, 2.75) is 6.92 Å². The van der Waals surface area contributed by atoms with Crippen LogP contribution in [0.3, 0.4) is 0 Å². The molecule has 118 valence electrons. The van der Waals surface area contributed by atoms with Gasteiger partial charge in [0.25, 0.3) is 0 Å². The lowest BCUT2D eigenvalue weighted by atomic mass is 10.2. The van der Waals surface area contributed by atoms with Gasteiger partial charge in [-0.15, -0.1) is 0 Å². The number of methoxy groups -OCH3 is 1. The first kappa shape index (κ1) is 16.3. The van der Waals surface area contributed by atoms with Crippen LogP contribution in [0.1, 0.15) is 12.5 Å². The predicted molar refractivity (Wildman–Crippen MR) is 91.4 cm³/mol. The number of hydrogen-bond donors (Lipinski definition) is 2. The Kier molecular flexibility index (Phi) is 5.52. The van der Waals surface area contributed by atoms with Crippen LogP contribution in [0.2, 0.25) is 0 Å². The van der Waals surface area contributed by atoms with Crippen LogP contribution in [-0.4, -0.2) is 18.9 Å². The molecular formula is C18H18N2O3. The van der Waals surface area contributed by atoms with Crippen molar-refractivity contribution in [3.63, 3.8) is 0 Å². The molecule has 2 rings (SSSR count). The molecule has 0 atom stereocenters. The van der Waals surface area contributed by atoms with E-state index in [1.807, 2.05) is 30.3 Å². The normalized spacial score (nSPS) is 10.3. The van der Waals surface area contributed by atoms with E-state index in [0.29, 0.717) is 17.1 Å². The number of carbonyl (C=O) groups is 2. The van der Waals surface area contributed by atoms with Gasteiger partial charge < -0.3 is 15.4 Å². The first-order valence-corrected chi connectivity index (χ1v) is 7.08. The topological polar surface area (TPSA) is 67.4 Å². The molecule has 2 aromatic carbocycles. The molecule has 0 aromatic heterocycles. The maximum absolute atomic E-state index is 11.9. The summed E-state index contributed by atoms with van der Waals surface area (Å²) in [6.45, 7) is 1.42. The highest BCUT2D eigenvalue weighted by Crippen LogP contribution is 2.27. The Morgan fingerprint density at radius 1 is 1.04 bits per heavy atom. The fourth-order valence-corrected chi connectivity index (χ4v) is 1.98. The highest BCUT2D eigenvalue weighted by molar-refractivity contribution is 6.02. The third-order valence-electron chi connectivity index (χ3n) is 3.01. The monoisotopic (exact) mass is 310 g/mol. The van der Waals surface area contributed by atoms with Gasteiger partial charge in [0, 0.05) is 24.8 Å². The Morgan fingerprint density at radius 2 is 1.78 bits per heavy atom. The van der Waals surface area contributed by atoms with E-state index in [1.165, 1.54) is 20.1 Å². The number of ether oxygens (including phenoxy) is 1. The summed E-state index contributed by atoms with van der Waals surface area (Å²) in [5.74, 6) is 0.0408. The van der Waals surface area contributed by atoms with Crippen molar-refractivity contribution in [2.75, 3.05) is 17.7 Å². The van der Waals surface area contributed by atoms with E-state index in [4.69, 9.17) is 4.74 Å².